The van der Waals surface area contributed by atoms with Crippen LogP contribution in [0.5, 0.6) is 5.75 Å². The fraction of sp³-hybridized carbons (Fsp3) is 0.111. The van der Waals surface area contributed by atoms with Crippen molar-refractivity contribution in [2.24, 2.45) is 5.16 Å². The Morgan fingerprint density at radius 3 is 2.88 bits per heavy atom. The number of hydrogen-bond acceptors (Lipinski definition) is 4. The standard InChI is InChI=1S/C9H7BrINO4/c10-6-1-5(3-12-15)9(7(11)2-6)16-4-8(13)14/h1-3,15H,4H2,(H,13,14)/b12-3-. The van der Waals surface area contributed by atoms with Gasteiger partial charge in [-0.15, -0.1) is 0 Å². The molecule has 16 heavy (non-hydrogen) atoms. The van der Waals surface area contributed by atoms with Gasteiger partial charge in [0.25, 0.3) is 0 Å². The molecule has 5 nitrogen and oxygen atoms in total. The van der Waals surface area contributed by atoms with Crippen molar-refractivity contribution < 1.29 is 19.8 Å². The molecule has 0 aliphatic carbocycles. The van der Waals surface area contributed by atoms with E-state index < -0.39 is 12.6 Å². The molecule has 0 heterocycles. The van der Waals surface area contributed by atoms with Gasteiger partial charge in [-0.05, 0) is 34.7 Å². The summed E-state index contributed by atoms with van der Waals surface area (Å²) in [6.07, 6.45) is 1.18. The lowest BCUT2D eigenvalue weighted by molar-refractivity contribution is -0.139. The van der Waals surface area contributed by atoms with E-state index in [0.29, 0.717) is 11.3 Å². The van der Waals surface area contributed by atoms with Crippen LogP contribution in [0.1, 0.15) is 5.56 Å². The number of halogens is 2. The molecule has 0 aliphatic heterocycles. The number of nitrogens with zero attached hydrogens (tertiary/aromatic N) is 1. The van der Waals surface area contributed by atoms with E-state index in [1.807, 2.05) is 22.6 Å². The van der Waals surface area contributed by atoms with Gasteiger partial charge in [0.2, 0.25) is 0 Å². The summed E-state index contributed by atoms with van der Waals surface area (Å²) in [7, 11) is 0. The first-order valence-corrected chi connectivity index (χ1v) is 5.93. The normalized spacial score (nSPS) is 10.6. The lowest BCUT2D eigenvalue weighted by Gasteiger charge is -2.09. The number of aliphatic carboxylic acids is 1. The maximum atomic E-state index is 10.4. The number of benzene rings is 1. The van der Waals surface area contributed by atoms with Gasteiger partial charge in [0.05, 0.1) is 9.78 Å². The van der Waals surface area contributed by atoms with Gasteiger partial charge in [-0.2, -0.15) is 0 Å². The second kappa shape index (κ2) is 6.04. The molecular formula is C9H7BrINO4. The highest BCUT2D eigenvalue weighted by molar-refractivity contribution is 14.1. The molecule has 0 bridgehead atoms. The molecule has 0 unspecified atom stereocenters. The predicted octanol–water partition coefficient (Wildman–Crippen LogP) is 2.33. The third kappa shape index (κ3) is 3.63. The van der Waals surface area contributed by atoms with Crippen LogP contribution in [0.3, 0.4) is 0 Å². The fourth-order valence-corrected chi connectivity index (χ4v) is 2.73. The van der Waals surface area contributed by atoms with Gasteiger partial charge in [-0.3, -0.25) is 0 Å². The molecule has 0 aromatic heterocycles. The highest BCUT2D eigenvalue weighted by atomic mass is 127. The van der Waals surface area contributed by atoms with Crippen molar-refractivity contribution in [2.45, 2.75) is 0 Å². The van der Waals surface area contributed by atoms with E-state index in [9.17, 15) is 4.79 Å². The Labute approximate surface area is 113 Å². The Kier molecular flexibility index (Phi) is 5.00. The molecular weight excluding hydrogens is 393 g/mol. The third-order valence-corrected chi connectivity index (χ3v) is 2.83. The molecule has 0 aliphatic rings. The quantitative estimate of drug-likeness (QED) is 0.352. The van der Waals surface area contributed by atoms with Crippen molar-refractivity contribution in [2.75, 3.05) is 6.61 Å². The Hall–Kier alpha value is -0.830. The van der Waals surface area contributed by atoms with Crippen LogP contribution in [0.2, 0.25) is 0 Å². The van der Waals surface area contributed by atoms with Gasteiger partial charge < -0.3 is 15.1 Å². The van der Waals surface area contributed by atoms with Crippen LogP contribution in [0.15, 0.2) is 21.8 Å². The summed E-state index contributed by atoms with van der Waals surface area (Å²) in [4.78, 5) is 10.4. The topological polar surface area (TPSA) is 79.1 Å². The largest absolute Gasteiger partial charge is 0.480 e. The first kappa shape index (κ1) is 13.2. The van der Waals surface area contributed by atoms with E-state index in [-0.39, 0.29) is 0 Å². The minimum absolute atomic E-state index is 0.379. The van der Waals surface area contributed by atoms with Gasteiger partial charge in [0, 0.05) is 10.0 Å². The number of carboxylic acid groups (broad SMARTS) is 1. The first-order valence-electron chi connectivity index (χ1n) is 4.05. The summed E-state index contributed by atoms with van der Waals surface area (Å²) in [5, 5.41) is 19.9. The summed E-state index contributed by atoms with van der Waals surface area (Å²) < 4.78 is 6.62. The minimum atomic E-state index is -1.06. The van der Waals surface area contributed by atoms with Gasteiger partial charge in [0.15, 0.2) is 6.61 Å². The first-order chi connectivity index (χ1) is 7.54. The number of carbonyl (C=O) groups is 1. The Balaban J connectivity index is 3.08. The molecule has 1 aromatic rings. The number of oxime groups is 1. The van der Waals surface area contributed by atoms with Gasteiger partial charge in [-0.25, -0.2) is 4.79 Å². The van der Waals surface area contributed by atoms with E-state index in [1.54, 1.807) is 12.1 Å². The molecule has 0 saturated carbocycles. The van der Waals surface area contributed by atoms with E-state index in [0.717, 1.165) is 8.04 Å². The van der Waals surface area contributed by atoms with Crippen molar-refractivity contribution in [3.05, 3.63) is 25.7 Å². The zero-order valence-corrected chi connectivity index (χ0v) is 11.6. The SMILES string of the molecule is O=C(O)COc1c(I)cc(Br)cc1/C=N\O. The Morgan fingerprint density at radius 1 is 1.62 bits per heavy atom. The van der Waals surface area contributed by atoms with Crippen molar-refractivity contribution >= 4 is 50.7 Å². The van der Waals surface area contributed by atoms with Crippen LogP contribution in [0.25, 0.3) is 0 Å². The average molecular weight is 400 g/mol. The Morgan fingerprint density at radius 2 is 2.31 bits per heavy atom. The van der Waals surface area contributed by atoms with E-state index in [4.69, 9.17) is 15.1 Å². The number of rotatable bonds is 4. The van der Waals surface area contributed by atoms with Crippen LogP contribution in [-0.2, 0) is 4.79 Å². The smallest absolute Gasteiger partial charge is 0.341 e. The summed E-state index contributed by atoms with van der Waals surface area (Å²) in [5.41, 5.74) is 0.502. The molecule has 1 aromatic carbocycles. The van der Waals surface area contributed by atoms with E-state index in [2.05, 4.69) is 21.1 Å². The molecule has 7 heteroatoms. The van der Waals surface area contributed by atoms with E-state index >= 15 is 0 Å². The van der Waals surface area contributed by atoms with Crippen molar-refractivity contribution in [3.63, 3.8) is 0 Å². The van der Waals surface area contributed by atoms with Gasteiger partial charge >= 0.3 is 5.97 Å². The molecule has 1 rings (SSSR count). The molecule has 0 atom stereocenters. The molecule has 2 N–H and O–H groups in total. The van der Waals surface area contributed by atoms with Crippen LogP contribution in [-0.4, -0.2) is 29.1 Å². The van der Waals surface area contributed by atoms with Crippen LogP contribution >= 0.6 is 38.5 Å². The van der Waals surface area contributed by atoms with Gasteiger partial charge in [0.1, 0.15) is 5.75 Å². The molecule has 0 spiro atoms. The van der Waals surface area contributed by atoms with Crippen LogP contribution in [0, 0.1) is 3.57 Å². The molecule has 0 amide bonds. The summed E-state index contributed by atoms with van der Waals surface area (Å²) in [6, 6.07) is 3.44. The number of ether oxygens (including phenoxy) is 1. The molecule has 86 valence electrons. The summed E-state index contributed by atoms with van der Waals surface area (Å²) in [6.45, 7) is -0.441. The zero-order valence-electron chi connectivity index (χ0n) is 7.85. The number of carboxylic acids is 1. The zero-order chi connectivity index (χ0) is 12.1. The highest BCUT2D eigenvalue weighted by Gasteiger charge is 2.10. The molecule has 0 fully saturated rings. The number of hydrogen-bond donors (Lipinski definition) is 2. The summed E-state index contributed by atoms with van der Waals surface area (Å²) >= 11 is 5.28. The monoisotopic (exact) mass is 399 g/mol. The van der Waals surface area contributed by atoms with Crippen molar-refractivity contribution in [1.29, 1.82) is 0 Å². The maximum Gasteiger partial charge on any atom is 0.341 e. The van der Waals surface area contributed by atoms with Crippen LogP contribution in [0.4, 0.5) is 0 Å². The van der Waals surface area contributed by atoms with Crippen molar-refractivity contribution in [3.8, 4) is 5.75 Å². The molecule has 0 radical (unpaired) electrons. The van der Waals surface area contributed by atoms with Crippen molar-refractivity contribution in [1.82, 2.24) is 0 Å². The van der Waals surface area contributed by atoms with E-state index in [1.165, 1.54) is 6.21 Å². The molecule has 0 saturated heterocycles. The lowest BCUT2D eigenvalue weighted by atomic mass is 10.2. The van der Waals surface area contributed by atoms with Gasteiger partial charge in [-0.1, -0.05) is 21.1 Å². The fourth-order valence-electron chi connectivity index (χ4n) is 1.02. The average Bonchev–Trinajstić information content (AvgIpc) is 2.16. The second-order valence-electron chi connectivity index (χ2n) is 2.73. The maximum absolute atomic E-state index is 10.4. The lowest BCUT2D eigenvalue weighted by Crippen LogP contribution is -2.11. The third-order valence-electron chi connectivity index (χ3n) is 1.57. The second-order valence-corrected chi connectivity index (χ2v) is 4.81. The highest BCUT2D eigenvalue weighted by Crippen LogP contribution is 2.28. The predicted molar refractivity (Wildman–Crippen MR) is 69.4 cm³/mol. The Bertz CT molecular complexity index is 436. The van der Waals surface area contributed by atoms with Crippen LogP contribution < -0.4 is 4.74 Å². The summed E-state index contributed by atoms with van der Waals surface area (Å²) in [5.74, 6) is -0.686. The minimum Gasteiger partial charge on any atom is -0.480 e.